The van der Waals surface area contributed by atoms with Crippen LogP contribution in [-0.4, -0.2) is 19.0 Å². The average Bonchev–Trinajstić information content (AvgIpc) is 2.23. The molecule has 1 rings (SSSR count). The molecular weight excluding hydrogens is 209 g/mol. The number of hydrogen-bond donors (Lipinski definition) is 0. The van der Waals surface area contributed by atoms with Crippen LogP contribution in [0.15, 0.2) is 12.1 Å². The Kier molecular flexibility index (Phi) is 3.85. The van der Waals surface area contributed by atoms with Crippen LogP contribution in [0.4, 0.5) is 13.2 Å². The summed E-state index contributed by atoms with van der Waals surface area (Å²) >= 11 is 0. The van der Waals surface area contributed by atoms with Gasteiger partial charge in [-0.2, -0.15) is 0 Å². The predicted molar refractivity (Wildman–Crippen MR) is 47.1 cm³/mol. The standard InChI is InChI=1S/C10H9F3O2/c1-2-15-5-8(14)6-3-4-7(11)10(13)9(6)12/h3-4H,2,5H2,1H3. The van der Waals surface area contributed by atoms with Crippen LogP contribution in [0, 0.1) is 17.5 Å². The van der Waals surface area contributed by atoms with Gasteiger partial charge in [0.2, 0.25) is 0 Å². The topological polar surface area (TPSA) is 26.3 Å². The lowest BCUT2D eigenvalue weighted by Gasteiger charge is -2.03. The van der Waals surface area contributed by atoms with Gasteiger partial charge < -0.3 is 4.74 Å². The van der Waals surface area contributed by atoms with E-state index in [1.54, 1.807) is 6.92 Å². The van der Waals surface area contributed by atoms with E-state index in [2.05, 4.69) is 0 Å². The summed E-state index contributed by atoms with van der Waals surface area (Å²) in [5.74, 6) is -5.15. The van der Waals surface area contributed by atoms with Gasteiger partial charge in [0.05, 0.1) is 5.56 Å². The van der Waals surface area contributed by atoms with Crippen LogP contribution in [0.5, 0.6) is 0 Å². The van der Waals surface area contributed by atoms with Crippen molar-refractivity contribution < 1.29 is 22.7 Å². The first-order valence-corrected chi connectivity index (χ1v) is 4.32. The molecule has 0 fully saturated rings. The lowest BCUT2D eigenvalue weighted by Crippen LogP contribution is -2.12. The van der Waals surface area contributed by atoms with Crippen LogP contribution >= 0.6 is 0 Å². The quantitative estimate of drug-likeness (QED) is 0.572. The fourth-order valence-corrected chi connectivity index (χ4v) is 1.01. The molecule has 0 aliphatic heterocycles. The molecule has 0 saturated carbocycles. The fourth-order valence-electron chi connectivity index (χ4n) is 1.01. The second-order valence-corrected chi connectivity index (χ2v) is 2.78. The summed E-state index contributed by atoms with van der Waals surface area (Å²) < 4.78 is 43.0. The Morgan fingerprint density at radius 2 is 1.93 bits per heavy atom. The number of carbonyl (C=O) groups excluding carboxylic acids is 1. The molecule has 0 heterocycles. The van der Waals surface area contributed by atoms with E-state index in [9.17, 15) is 18.0 Å². The molecule has 0 saturated heterocycles. The summed E-state index contributed by atoms with van der Waals surface area (Å²) in [7, 11) is 0. The van der Waals surface area contributed by atoms with E-state index in [1.165, 1.54) is 0 Å². The van der Waals surface area contributed by atoms with Crippen LogP contribution in [0.25, 0.3) is 0 Å². The van der Waals surface area contributed by atoms with Crippen molar-refractivity contribution in [2.75, 3.05) is 13.2 Å². The highest BCUT2D eigenvalue weighted by atomic mass is 19.2. The molecule has 0 bridgehead atoms. The summed E-state index contributed by atoms with van der Waals surface area (Å²) in [5, 5.41) is 0. The summed E-state index contributed by atoms with van der Waals surface area (Å²) in [6.45, 7) is 1.60. The second-order valence-electron chi connectivity index (χ2n) is 2.78. The molecule has 0 unspecified atom stereocenters. The van der Waals surface area contributed by atoms with Crippen molar-refractivity contribution in [3.05, 3.63) is 35.1 Å². The average molecular weight is 218 g/mol. The van der Waals surface area contributed by atoms with Gasteiger partial charge in [-0.3, -0.25) is 4.79 Å². The number of Topliss-reactive ketones (excluding diaryl/α,β-unsaturated/α-hetero) is 1. The normalized spacial score (nSPS) is 10.4. The van der Waals surface area contributed by atoms with Crippen molar-refractivity contribution in [3.63, 3.8) is 0 Å². The molecule has 0 aliphatic carbocycles. The summed E-state index contributed by atoms with van der Waals surface area (Å²) in [4.78, 5) is 11.2. The molecule has 0 aliphatic rings. The first-order chi connectivity index (χ1) is 7.07. The van der Waals surface area contributed by atoms with Crippen LogP contribution in [0.2, 0.25) is 0 Å². The van der Waals surface area contributed by atoms with Crippen LogP contribution < -0.4 is 0 Å². The minimum atomic E-state index is -1.64. The number of ketones is 1. The molecule has 0 amide bonds. The number of hydrogen-bond acceptors (Lipinski definition) is 2. The van der Waals surface area contributed by atoms with Gasteiger partial charge >= 0.3 is 0 Å². The molecule has 5 heteroatoms. The molecule has 2 nitrogen and oxygen atoms in total. The zero-order valence-corrected chi connectivity index (χ0v) is 8.02. The molecule has 15 heavy (non-hydrogen) atoms. The van der Waals surface area contributed by atoms with Crippen LogP contribution in [0.1, 0.15) is 17.3 Å². The van der Waals surface area contributed by atoms with Crippen molar-refractivity contribution in [1.82, 2.24) is 0 Å². The van der Waals surface area contributed by atoms with Gasteiger partial charge in [0, 0.05) is 6.61 Å². The summed E-state index contributed by atoms with van der Waals surface area (Å²) in [5.41, 5.74) is -0.498. The smallest absolute Gasteiger partial charge is 0.195 e. The van der Waals surface area contributed by atoms with Gasteiger partial charge in [0.25, 0.3) is 0 Å². The molecule has 1 aromatic rings. The van der Waals surface area contributed by atoms with E-state index in [4.69, 9.17) is 4.74 Å². The zero-order chi connectivity index (χ0) is 11.4. The Morgan fingerprint density at radius 3 is 2.53 bits per heavy atom. The molecule has 0 radical (unpaired) electrons. The maximum Gasteiger partial charge on any atom is 0.195 e. The lowest BCUT2D eigenvalue weighted by molar-refractivity contribution is 0.0778. The minimum Gasteiger partial charge on any atom is -0.374 e. The number of ether oxygens (including phenoxy) is 1. The SMILES string of the molecule is CCOCC(=O)c1ccc(F)c(F)c1F. The molecular formula is C10H9F3O2. The number of carbonyl (C=O) groups is 1. The van der Waals surface area contributed by atoms with Gasteiger partial charge in [-0.05, 0) is 19.1 Å². The molecule has 0 atom stereocenters. The monoisotopic (exact) mass is 218 g/mol. The van der Waals surface area contributed by atoms with Crippen molar-refractivity contribution in [3.8, 4) is 0 Å². The number of rotatable bonds is 4. The van der Waals surface area contributed by atoms with Crippen molar-refractivity contribution in [1.29, 1.82) is 0 Å². The Morgan fingerprint density at radius 1 is 1.27 bits per heavy atom. The molecule has 0 aromatic heterocycles. The summed E-state index contributed by atoms with van der Waals surface area (Å²) in [6, 6.07) is 1.60. The maximum atomic E-state index is 13.0. The van der Waals surface area contributed by atoms with E-state index in [-0.39, 0.29) is 13.2 Å². The Balaban J connectivity index is 2.95. The first-order valence-electron chi connectivity index (χ1n) is 4.32. The van der Waals surface area contributed by atoms with E-state index >= 15 is 0 Å². The van der Waals surface area contributed by atoms with Crippen LogP contribution in [0.3, 0.4) is 0 Å². The van der Waals surface area contributed by atoms with E-state index in [1.807, 2.05) is 0 Å². The molecule has 82 valence electrons. The van der Waals surface area contributed by atoms with Gasteiger partial charge in [-0.15, -0.1) is 0 Å². The van der Waals surface area contributed by atoms with Crippen molar-refractivity contribution >= 4 is 5.78 Å². The molecule has 0 spiro atoms. The Labute approximate surface area is 84.7 Å². The molecule has 0 N–H and O–H groups in total. The van der Waals surface area contributed by atoms with E-state index < -0.39 is 28.8 Å². The minimum absolute atomic E-state index is 0.289. The first kappa shape index (κ1) is 11.7. The fraction of sp³-hybridized carbons (Fsp3) is 0.300. The third kappa shape index (κ3) is 2.56. The third-order valence-electron chi connectivity index (χ3n) is 1.77. The van der Waals surface area contributed by atoms with Gasteiger partial charge in [-0.1, -0.05) is 0 Å². The van der Waals surface area contributed by atoms with E-state index in [0.717, 1.165) is 6.07 Å². The van der Waals surface area contributed by atoms with Gasteiger partial charge in [0.1, 0.15) is 6.61 Å². The van der Waals surface area contributed by atoms with Gasteiger partial charge in [-0.25, -0.2) is 13.2 Å². The van der Waals surface area contributed by atoms with Gasteiger partial charge in [0.15, 0.2) is 23.2 Å². The Bertz CT molecular complexity index is 377. The highest BCUT2D eigenvalue weighted by molar-refractivity contribution is 5.97. The van der Waals surface area contributed by atoms with Crippen LogP contribution in [-0.2, 0) is 4.74 Å². The highest BCUT2D eigenvalue weighted by Gasteiger charge is 2.18. The maximum absolute atomic E-state index is 13.0. The number of benzene rings is 1. The summed E-state index contributed by atoms with van der Waals surface area (Å²) in [6.07, 6.45) is 0. The molecule has 1 aromatic carbocycles. The zero-order valence-electron chi connectivity index (χ0n) is 8.02. The predicted octanol–water partition coefficient (Wildman–Crippen LogP) is 2.32. The lowest BCUT2D eigenvalue weighted by atomic mass is 10.1. The van der Waals surface area contributed by atoms with Crippen molar-refractivity contribution in [2.45, 2.75) is 6.92 Å². The Hall–Kier alpha value is -1.36. The highest BCUT2D eigenvalue weighted by Crippen LogP contribution is 2.15. The second kappa shape index (κ2) is 4.93. The van der Waals surface area contributed by atoms with E-state index in [0.29, 0.717) is 6.07 Å². The number of halogens is 3. The van der Waals surface area contributed by atoms with Crippen molar-refractivity contribution in [2.24, 2.45) is 0 Å². The largest absolute Gasteiger partial charge is 0.374 e. The third-order valence-corrected chi connectivity index (χ3v) is 1.77.